The van der Waals surface area contributed by atoms with E-state index in [4.69, 9.17) is 10.5 Å². The first-order valence-electron chi connectivity index (χ1n) is 5.42. The minimum absolute atomic E-state index is 0.126. The van der Waals surface area contributed by atoms with Crippen molar-refractivity contribution in [2.45, 2.75) is 20.3 Å². The Balaban J connectivity index is 2.71. The Bertz CT molecular complexity index is 441. The zero-order valence-corrected chi connectivity index (χ0v) is 10.00. The number of anilines is 1. The van der Waals surface area contributed by atoms with E-state index in [-0.39, 0.29) is 18.2 Å². The zero-order chi connectivity index (χ0) is 12.8. The van der Waals surface area contributed by atoms with Crippen molar-refractivity contribution < 1.29 is 13.9 Å². The van der Waals surface area contributed by atoms with Crippen LogP contribution in [-0.2, 0) is 9.53 Å². The molecule has 0 radical (unpaired) electrons. The van der Waals surface area contributed by atoms with Crippen LogP contribution in [0.2, 0.25) is 0 Å². The van der Waals surface area contributed by atoms with Crippen LogP contribution in [0.5, 0.6) is 0 Å². The Morgan fingerprint density at radius 1 is 1.53 bits per heavy atom. The van der Waals surface area contributed by atoms with E-state index in [0.717, 1.165) is 0 Å². The van der Waals surface area contributed by atoms with Crippen LogP contribution in [0.25, 0.3) is 6.08 Å². The number of aryl methyl sites for hydroxylation is 1. The molecule has 4 heteroatoms. The Hall–Kier alpha value is -1.84. The summed E-state index contributed by atoms with van der Waals surface area (Å²) in [6.45, 7) is 3.82. The number of halogens is 1. The minimum Gasteiger partial charge on any atom is -0.466 e. The van der Waals surface area contributed by atoms with E-state index in [0.29, 0.717) is 23.4 Å². The zero-order valence-electron chi connectivity index (χ0n) is 10.00. The molecule has 0 saturated carbocycles. The van der Waals surface area contributed by atoms with Crippen molar-refractivity contribution in [3.05, 3.63) is 35.2 Å². The molecule has 0 aliphatic rings. The molecule has 92 valence electrons. The monoisotopic (exact) mass is 237 g/mol. The second kappa shape index (κ2) is 6.03. The summed E-state index contributed by atoms with van der Waals surface area (Å²) in [5.74, 6) is -0.680. The van der Waals surface area contributed by atoms with Crippen molar-refractivity contribution >= 4 is 17.7 Å². The summed E-state index contributed by atoms with van der Waals surface area (Å²) in [4.78, 5) is 11.0. The largest absolute Gasteiger partial charge is 0.466 e. The average Bonchev–Trinajstić information content (AvgIpc) is 2.26. The number of rotatable bonds is 4. The number of nitrogen functional groups attached to an aromatic ring is 1. The van der Waals surface area contributed by atoms with Crippen molar-refractivity contribution in [1.82, 2.24) is 0 Å². The van der Waals surface area contributed by atoms with E-state index in [2.05, 4.69) is 0 Å². The summed E-state index contributed by atoms with van der Waals surface area (Å²) in [7, 11) is 0. The van der Waals surface area contributed by atoms with E-state index >= 15 is 0 Å². The van der Waals surface area contributed by atoms with Gasteiger partial charge in [-0.1, -0.05) is 12.2 Å². The fourth-order valence-electron chi connectivity index (χ4n) is 1.34. The van der Waals surface area contributed by atoms with Gasteiger partial charge in [-0.15, -0.1) is 0 Å². The van der Waals surface area contributed by atoms with Crippen LogP contribution in [0.1, 0.15) is 24.5 Å². The molecule has 3 nitrogen and oxygen atoms in total. The lowest BCUT2D eigenvalue weighted by Gasteiger charge is -2.03. The molecule has 0 aromatic heterocycles. The van der Waals surface area contributed by atoms with Gasteiger partial charge in [0.15, 0.2) is 0 Å². The minimum atomic E-state index is -0.350. The molecule has 1 aromatic carbocycles. The molecule has 0 spiro atoms. The average molecular weight is 237 g/mol. The molecule has 17 heavy (non-hydrogen) atoms. The van der Waals surface area contributed by atoms with Gasteiger partial charge in [-0.05, 0) is 31.5 Å². The molecule has 0 heterocycles. The number of hydrogen-bond donors (Lipinski definition) is 1. The Morgan fingerprint density at radius 2 is 2.24 bits per heavy atom. The molecule has 0 bridgehead atoms. The summed E-state index contributed by atoms with van der Waals surface area (Å²) >= 11 is 0. The van der Waals surface area contributed by atoms with Gasteiger partial charge >= 0.3 is 5.97 Å². The maximum atomic E-state index is 13.5. The van der Waals surface area contributed by atoms with Crippen LogP contribution in [0, 0.1) is 12.7 Å². The molecule has 0 saturated heterocycles. The number of carbonyl (C=O) groups is 1. The van der Waals surface area contributed by atoms with Crippen LogP contribution < -0.4 is 5.73 Å². The number of nitrogens with two attached hydrogens (primary N) is 1. The highest BCUT2D eigenvalue weighted by Gasteiger charge is 2.03. The molecule has 0 fully saturated rings. The van der Waals surface area contributed by atoms with Crippen LogP contribution in [0.4, 0.5) is 10.1 Å². The van der Waals surface area contributed by atoms with Crippen molar-refractivity contribution in [1.29, 1.82) is 0 Å². The Morgan fingerprint density at radius 3 is 2.88 bits per heavy atom. The van der Waals surface area contributed by atoms with Crippen LogP contribution in [0.15, 0.2) is 18.2 Å². The maximum Gasteiger partial charge on any atom is 0.309 e. The lowest BCUT2D eigenvalue weighted by Crippen LogP contribution is -2.01. The third-order valence-electron chi connectivity index (χ3n) is 2.27. The Kier molecular flexibility index (Phi) is 4.69. The number of ether oxygens (including phenoxy) is 1. The highest BCUT2D eigenvalue weighted by Crippen LogP contribution is 2.18. The maximum absolute atomic E-state index is 13.5. The summed E-state index contributed by atoms with van der Waals surface area (Å²) in [6, 6.07) is 2.92. The molecule has 0 aliphatic heterocycles. The summed E-state index contributed by atoms with van der Waals surface area (Å²) in [5.41, 5.74) is 7.28. The first-order valence-corrected chi connectivity index (χ1v) is 5.42. The highest BCUT2D eigenvalue weighted by atomic mass is 19.1. The van der Waals surface area contributed by atoms with Gasteiger partial charge in [0, 0.05) is 11.3 Å². The number of hydrogen-bond acceptors (Lipinski definition) is 3. The van der Waals surface area contributed by atoms with Crippen molar-refractivity contribution in [2.75, 3.05) is 12.3 Å². The Labute approximate surface area is 100 Å². The van der Waals surface area contributed by atoms with Crippen molar-refractivity contribution in [3.63, 3.8) is 0 Å². The van der Waals surface area contributed by atoms with Crippen molar-refractivity contribution in [3.8, 4) is 0 Å². The molecular weight excluding hydrogens is 221 g/mol. The van der Waals surface area contributed by atoms with Gasteiger partial charge in [-0.3, -0.25) is 4.79 Å². The molecular formula is C13H16FNO2. The quantitative estimate of drug-likeness (QED) is 0.647. The van der Waals surface area contributed by atoms with E-state index in [1.165, 1.54) is 12.1 Å². The first kappa shape index (κ1) is 13.2. The van der Waals surface area contributed by atoms with Gasteiger partial charge in [-0.25, -0.2) is 4.39 Å². The fourth-order valence-corrected chi connectivity index (χ4v) is 1.34. The van der Waals surface area contributed by atoms with Gasteiger partial charge in [-0.2, -0.15) is 0 Å². The predicted octanol–water partition coefficient (Wildman–Crippen LogP) is 2.68. The molecule has 1 aromatic rings. The van der Waals surface area contributed by atoms with Gasteiger partial charge in [0.05, 0.1) is 13.0 Å². The predicted molar refractivity (Wildman–Crippen MR) is 65.8 cm³/mol. The number of carbonyl (C=O) groups excluding carboxylic acids is 1. The second-order valence-electron chi connectivity index (χ2n) is 3.64. The van der Waals surface area contributed by atoms with Crippen LogP contribution in [-0.4, -0.2) is 12.6 Å². The number of esters is 1. The van der Waals surface area contributed by atoms with E-state index in [9.17, 15) is 9.18 Å². The fraction of sp³-hybridized carbons (Fsp3) is 0.308. The van der Waals surface area contributed by atoms with E-state index in [1.54, 1.807) is 26.0 Å². The van der Waals surface area contributed by atoms with Crippen LogP contribution >= 0.6 is 0 Å². The van der Waals surface area contributed by atoms with Gasteiger partial charge in [0.2, 0.25) is 0 Å². The van der Waals surface area contributed by atoms with E-state index < -0.39 is 0 Å². The van der Waals surface area contributed by atoms with Gasteiger partial charge < -0.3 is 10.5 Å². The molecule has 0 unspecified atom stereocenters. The van der Waals surface area contributed by atoms with Gasteiger partial charge in [0.1, 0.15) is 5.82 Å². The SMILES string of the molecule is CCOC(=O)CC=Cc1cc(N)c(C)cc1F. The third kappa shape index (κ3) is 3.90. The molecule has 2 N–H and O–H groups in total. The highest BCUT2D eigenvalue weighted by molar-refractivity contribution is 5.73. The summed E-state index contributed by atoms with van der Waals surface area (Å²) in [5, 5.41) is 0. The third-order valence-corrected chi connectivity index (χ3v) is 2.27. The van der Waals surface area contributed by atoms with Gasteiger partial charge in [0.25, 0.3) is 0 Å². The first-order chi connectivity index (χ1) is 8.04. The molecule has 1 rings (SSSR count). The smallest absolute Gasteiger partial charge is 0.309 e. The lowest BCUT2D eigenvalue weighted by molar-refractivity contribution is -0.142. The molecule has 0 amide bonds. The second-order valence-corrected chi connectivity index (χ2v) is 3.64. The standard InChI is InChI=1S/C13H16FNO2/c1-3-17-13(16)6-4-5-10-8-12(15)9(2)7-11(10)14/h4-5,7-8H,3,6,15H2,1-2H3. The molecule has 0 atom stereocenters. The van der Waals surface area contributed by atoms with Crippen molar-refractivity contribution in [2.24, 2.45) is 0 Å². The topological polar surface area (TPSA) is 52.3 Å². The molecule has 0 aliphatic carbocycles. The lowest BCUT2D eigenvalue weighted by atomic mass is 10.1. The number of benzene rings is 1. The summed E-state index contributed by atoms with van der Waals surface area (Å²) in [6.07, 6.45) is 3.22. The van der Waals surface area contributed by atoms with E-state index in [1.807, 2.05) is 0 Å². The van der Waals surface area contributed by atoms with Crippen LogP contribution in [0.3, 0.4) is 0 Å². The summed E-state index contributed by atoms with van der Waals surface area (Å²) < 4.78 is 18.2. The normalized spacial score (nSPS) is 10.8.